The lowest BCUT2D eigenvalue weighted by molar-refractivity contribution is 0.595. The lowest BCUT2D eigenvalue weighted by Gasteiger charge is -2.17. The SMILES string of the molecule is CC(C)c1cc(C(C)C)c(S(N)(=O)=O)cc1Br. The van der Waals surface area contributed by atoms with Gasteiger partial charge in [0, 0.05) is 4.47 Å². The predicted octanol–water partition coefficient (Wildman–Crippen LogP) is 3.34. The molecule has 0 amide bonds. The van der Waals surface area contributed by atoms with E-state index in [1.807, 2.05) is 19.9 Å². The van der Waals surface area contributed by atoms with Gasteiger partial charge in [-0.25, -0.2) is 13.6 Å². The van der Waals surface area contributed by atoms with Gasteiger partial charge in [0.05, 0.1) is 4.90 Å². The quantitative estimate of drug-likeness (QED) is 0.928. The highest BCUT2D eigenvalue weighted by Crippen LogP contribution is 2.33. The average molecular weight is 320 g/mol. The zero-order valence-corrected chi connectivity index (χ0v) is 12.9. The predicted molar refractivity (Wildman–Crippen MR) is 73.7 cm³/mol. The number of hydrogen-bond donors (Lipinski definition) is 1. The summed E-state index contributed by atoms with van der Waals surface area (Å²) in [5.41, 5.74) is 1.88. The van der Waals surface area contributed by atoms with Gasteiger partial charge in [-0.1, -0.05) is 49.7 Å². The average Bonchev–Trinajstić information content (AvgIpc) is 2.14. The number of nitrogens with two attached hydrogens (primary N) is 1. The standard InChI is InChI=1S/C12H18BrNO2S/c1-7(2)9-5-10(8(3)4)12(6-11(9)13)17(14,15)16/h5-8H,1-4H3,(H2,14,15,16). The van der Waals surface area contributed by atoms with Crippen LogP contribution in [0.4, 0.5) is 0 Å². The lowest BCUT2D eigenvalue weighted by atomic mass is 9.96. The van der Waals surface area contributed by atoms with Crippen LogP contribution in [0, 0.1) is 0 Å². The van der Waals surface area contributed by atoms with E-state index in [-0.39, 0.29) is 10.8 Å². The van der Waals surface area contributed by atoms with E-state index in [9.17, 15) is 8.42 Å². The van der Waals surface area contributed by atoms with Gasteiger partial charge in [-0.2, -0.15) is 0 Å². The van der Waals surface area contributed by atoms with Gasteiger partial charge in [-0.15, -0.1) is 0 Å². The van der Waals surface area contributed by atoms with Crippen LogP contribution in [0.5, 0.6) is 0 Å². The van der Waals surface area contributed by atoms with Gasteiger partial charge in [0.15, 0.2) is 0 Å². The van der Waals surface area contributed by atoms with Gasteiger partial charge in [-0.05, 0) is 29.0 Å². The minimum Gasteiger partial charge on any atom is -0.225 e. The first-order chi connectivity index (χ1) is 7.64. The molecule has 0 radical (unpaired) electrons. The summed E-state index contributed by atoms with van der Waals surface area (Å²) in [6, 6.07) is 3.54. The van der Waals surface area contributed by atoms with Crippen molar-refractivity contribution in [3.8, 4) is 0 Å². The molecule has 1 aromatic carbocycles. The molecule has 17 heavy (non-hydrogen) atoms. The van der Waals surface area contributed by atoms with Crippen LogP contribution < -0.4 is 5.14 Å². The molecule has 0 fully saturated rings. The second kappa shape index (κ2) is 5.08. The molecule has 2 N–H and O–H groups in total. The summed E-state index contributed by atoms with van der Waals surface area (Å²) in [7, 11) is -3.67. The van der Waals surface area contributed by atoms with Gasteiger partial charge >= 0.3 is 0 Å². The van der Waals surface area contributed by atoms with Crippen LogP contribution in [0.3, 0.4) is 0 Å². The van der Waals surface area contributed by atoms with E-state index >= 15 is 0 Å². The van der Waals surface area contributed by atoms with Crippen molar-refractivity contribution >= 4 is 26.0 Å². The molecule has 0 heterocycles. The summed E-state index contributed by atoms with van der Waals surface area (Å²) in [5.74, 6) is 0.449. The number of halogens is 1. The first-order valence-corrected chi connectivity index (χ1v) is 7.84. The Morgan fingerprint density at radius 3 is 1.88 bits per heavy atom. The van der Waals surface area contributed by atoms with Crippen LogP contribution in [0.15, 0.2) is 21.5 Å². The lowest BCUT2D eigenvalue weighted by Crippen LogP contribution is -2.16. The monoisotopic (exact) mass is 319 g/mol. The Morgan fingerprint density at radius 1 is 1.06 bits per heavy atom. The van der Waals surface area contributed by atoms with Crippen molar-refractivity contribution in [1.29, 1.82) is 0 Å². The van der Waals surface area contributed by atoms with E-state index in [0.29, 0.717) is 5.92 Å². The summed E-state index contributed by atoms with van der Waals surface area (Å²) < 4.78 is 23.9. The van der Waals surface area contributed by atoms with E-state index in [2.05, 4.69) is 29.8 Å². The minimum absolute atomic E-state index is 0.119. The summed E-state index contributed by atoms with van der Waals surface area (Å²) in [6.45, 7) is 8.06. The molecule has 96 valence electrons. The summed E-state index contributed by atoms with van der Waals surface area (Å²) in [6.07, 6.45) is 0. The molecule has 0 atom stereocenters. The Balaban J connectivity index is 3.59. The van der Waals surface area contributed by atoms with Crippen molar-refractivity contribution in [2.45, 2.75) is 44.4 Å². The summed E-state index contributed by atoms with van der Waals surface area (Å²) in [5, 5.41) is 5.24. The normalized spacial score (nSPS) is 12.5. The van der Waals surface area contributed by atoms with Gasteiger partial charge in [0.2, 0.25) is 10.0 Å². The minimum atomic E-state index is -3.67. The fourth-order valence-electron chi connectivity index (χ4n) is 1.73. The summed E-state index contributed by atoms with van der Waals surface area (Å²) in [4.78, 5) is 0.212. The maximum absolute atomic E-state index is 11.5. The van der Waals surface area contributed by atoms with E-state index in [1.165, 1.54) is 0 Å². The topological polar surface area (TPSA) is 60.2 Å². The highest BCUT2D eigenvalue weighted by Gasteiger charge is 2.19. The molecule has 1 aromatic rings. The van der Waals surface area contributed by atoms with Crippen LogP contribution in [0.25, 0.3) is 0 Å². The molecule has 0 spiro atoms. The molecule has 0 aliphatic heterocycles. The maximum atomic E-state index is 11.5. The van der Waals surface area contributed by atoms with E-state index in [0.717, 1.165) is 15.6 Å². The van der Waals surface area contributed by atoms with Crippen molar-refractivity contribution in [2.75, 3.05) is 0 Å². The first kappa shape index (κ1) is 14.7. The van der Waals surface area contributed by atoms with E-state index in [1.54, 1.807) is 6.07 Å². The molecule has 5 heteroatoms. The highest BCUT2D eigenvalue weighted by atomic mass is 79.9. The molecule has 0 bridgehead atoms. The van der Waals surface area contributed by atoms with Gasteiger partial charge < -0.3 is 0 Å². The van der Waals surface area contributed by atoms with Crippen molar-refractivity contribution in [1.82, 2.24) is 0 Å². The molecule has 0 aliphatic rings. The number of rotatable bonds is 3. The van der Waals surface area contributed by atoms with Gasteiger partial charge in [0.1, 0.15) is 0 Å². The van der Waals surface area contributed by atoms with E-state index in [4.69, 9.17) is 5.14 Å². The third-order valence-corrected chi connectivity index (χ3v) is 4.33. The second-order valence-electron chi connectivity index (χ2n) is 4.77. The molecule has 0 saturated heterocycles. The number of primary sulfonamides is 1. The maximum Gasteiger partial charge on any atom is 0.238 e. The Kier molecular flexibility index (Phi) is 4.38. The Morgan fingerprint density at radius 2 is 1.53 bits per heavy atom. The molecule has 0 aliphatic carbocycles. The van der Waals surface area contributed by atoms with Gasteiger partial charge in [0.25, 0.3) is 0 Å². The van der Waals surface area contributed by atoms with Crippen LogP contribution in [0.2, 0.25) is 0 Å². The number of hydrogen-bond acceptors (Lipinski definition) is 2. The highest BCUT2D eigenvalue weighted by molar-refractivity contribution is 9.10. The largest absolute Gasteiger partial charge is 0.238 e. The number of sulfonamides is 1. The van der Waals surface area contributed by atoms with Gasteiger partial charge in [-0.3, -0.25) is 0 Å². The van der Waals surface area contributed by atoms with Crippen LogP contribution in [-0.4, -0.2) is 8.42 Å². The zero-order valence-electron chi connectivity index (χ0n) is 10.5. The van der Waals surface area contributed by atoms with Crippen molar-refractivity contribution < 1.29 is 8.42 Å². The molecule has 0 unspecified atom stereocenters. The first-order valence-electron chi connectivity index (χ1n) is 5.50. The fraction of sp³-hybridized carbons (Fsp3) is 0.500. The third-order valence-electron chi connectivity index (χ3n) is 2.68. The molecule has 0 saturated carbocycles. The molecule has 1 rings (SSSR count). The summed E-state index contributed by atoms with van der Waals surface area (Å²) >= 11 is 3.40. The molecular weight excluding hydrogens is 302 g/mol. The molecule has 3 nitrogen and oxygen atoms in total. The van der Waals surface area contributed by atoms with Crippen LogP contribution in [0.1, 0.15) is 50.7 Å². The number of benzene rings is 1. The fourth-order valence-corrected chi connectivity index (χ4v) is 3.59. The molecule has 0 aromatic heterocycles. The third kappa shape index (κ3) is 3.30. The van der Waals surface area contributed by atoms with Crippen LogP contribution in [-0.2, 0) is 10.0 Å². The smallest absolute Gasteiger partial charge is 0.225 e. The van der Waals surface area contributed by atoms with Crippen molar-refractivity contribution in [2.24, 2.45) is 5.14 Å². The van der Waals surface area contributed by atoms with Crippen molar-refractivity contribution in [3.05, 3.63) is 27.7 Å². The molecular formula is C12H18BrNO2S. The van der Waals surface area contributed by atoms with Crippen molar-refractivity contribution in [3.63, 3.8) is 0 Å². The van der Waals surface area contributed by atoms with Crippen LogP contribution >= 0.6 is 15.9 Å². The Hall–Kier alpha value is -0.390. The second-order valence-corrected chi connectivity index (χ2v) is 7.15. The Labute approximate surface area is 112 Å². The van der Waals surface area contributed by atoms with E-state index < -0.39 is 10.0 Å². The Bertz CT molecular complexity index is 522. The zero-order chi connectivity index (χ0) is 13.4.